The van der Waals surface area contributed by atoms with Gasteiger partial charge in [0.05, 0.1) is 18.2 Å². The van der Waals surface area contributed by atoms with E-state index in [-0.39, 0.29) is 11.9 Å². The summed E-state index contributed by atoms with van der Waals surface area (Å²) in [6.45, 7) is 3.20. The molecule has 0 aliphatic carbocycles. The number of nitrogens with zero attached hydrogens (tertiary/aromatic N) is 3. The Hall–Kier alpha value is -1.44. The summed E-state index contributed by atoms with van der Waals surface area (Å²) in [6, 6.07) is -0.339. The first-order chi connectivity index (χ1) is 9.68. The molecular weight excluding hydrogens is 302 g/mol. The summed E-state index contributed by atoms with van der Waals surface area (Å²) in [5, 5.41) is 6.19. The van der Waals surface area contributed by atoms with Crippen LogP contribution in [-0.4, -0.2) is 40.7 Å². The average Bonchev–Trinajstić information content (AvgIpc) is 3.10. The van der Waals surface area contributed by atoms with Gasteiger partial charge in [0.25, 0.3) is 5.91 Å². The van der Waals surface area contributed by atoms with Gasteiger partial charge in [0.1, 0.15) is 10.9 Å². The largest absolute Gasteiger partial charge is 0.377 e. The Bertz CT molecular complexity index is 614. The zero-order chi connectivity index (χ0) is 14.1. The fraction of sp³-hybridized carbons (Fsp3) is 0.417. The molecule has 8 heteroatoms. The second-order valence-corrected chi connectivity index (χ2v) is 5.70. The van der Waals surface area contributed by atoms with Crippen molar-refractivity contribution >= 4 is 28.8 Å². The van der Waals surface area contributed by atoms with Gasteiger partial charge in [-0.3, -0.25) is 4.79 Å². The highest BCUT2D eigenvalue weighted by atomic mass is 35.5. The van der Waals surface area contributed by atoms with Crippen LogP contribution in [0.2, 0.25) is 5.02 Å². The number of halogens is 1. The SMILES string of the molecule is Cc1csc(C(=O)N2CCOC[C@@H]2c2ncon2)c1Cl. The summed E-state index contributed by atoms with van der Waals surface area (Å²) in [6.07, 6.45) is 1.24. The number of aromatic nitrogens is 2. The van der Waals surface area contributed by atoms with Gasteiger partial charge < -0.3 is 14.2 Å². The Morgan fingerprint density at radius 1 is 1.60 bits per heavy atom. The van der Waals surface area contributed by atoms with Gasteiger partial charge in [0, 0.05) is 6.54 Å². The van der Waals surface area contributed by atoms with Crippen molar-refractivity contribution in [3.8, 4) is 0 Å². The highest BCUT2D eigenvalue weighted by molar-refractivity contribution is 7.13. The quantitative estimate of drug-likeness (QED) is 0.851. The number of amides is 1. The van der Waals surface area contributed by atoms with Crippen molar-refractivity contribution in [3.05, 3.63) is 33.1 Å². The maximum absolute atomic E-state index is 12.6. The van der Waals surface area contributed by atoms with E-state index in [2.05, 4.69) is 10.1 Å². The predicted molar refractivity (Wildman–Crippen MR) is 73.0 cm³/mol. The maximum atomic E-state index is 12.6. The minimum Gasteiger partial charge on any atom is -0.377 e. The normalized spacial score (nSPS) is 19.3. The van der Waals surface area contributed by atoms with Gasteiger partial charge in [-0.2, -0.15) is 4.98 Å². The molecule has 0 N–H and O–H groups in total. The van der Waals surface area contributed by atoms with Crippen LogP contribution in [0.15, 0.2) is 16.3 Å². The lowest BCUT2D eigenvalue weighted by Crippen LogP contribution is -2.43. The number of hydrogen-bond donors (Lipinski definition) is 0. The van der Waals surface area contributed by atoms with E-state index in [0.29, 0.717) is 35.5 Å². The van der Waals surface area contributed by atoms with E-state index in [1.54, 1.807) is 4.90 Å². The monoisotopic (exact) mass is 313 g/mol. The Balaban J connectivity index is 1.90. The topological polar surface area (TPSA) is 68.5 Å². The van der Waals surface area contributed by atoms with Crippen molar-refractivity contribution in [2.24, 2.45) is 0 Å². The van der Waals surface area contributed by atoms with Crippen LogP contribution in [-0.2, 0) is 4.74 Å². The molecule has 1 atom stereocenters. The number of carbonyl (C=O) groups excluding carboxylic acids is 1. The molecule has 1 amide bonds. The van der Waals surface area contributed by atoms with E-state index in [0.717, 1.165) is 5.56 Å². The van der Waals surface area contributed by atoms with Gasteiger partial charge in [-0.15, -0.1) is 11.3 Å². The van der Waals surface area contributed by atoms with E-state index >= 15 is 0 Å². The van der Waals surface area contributed by atoms with Crippen molar-refractivity contribution in [2.45, 2.75) is 13.0 Å². The summed E-state index contributed by atoms with van der Waals surface area (Å²) in [4.78, 5) is 18.9. The number of thiophene rings is 1. The second kappa shape index (κ2) is 5.51. The van der Waals surface area contributed by atoms with Crippen molar-refractivity contribution in [2.75, 3.05) is 19.8 Å². The fourth-order valence-corrected chi connectivity index (χ4v) is 3.32. The summed E-state index contributed by atoms with van der Waals surface area (Å²) >= 11 is 7.53. The first kappa shape index (κ1) is 13.5. The molecule has 106 valence electrons. The summed E-state index contributed by atoms with van der Waals surface area (Å²) in [5.74, 6) is 0.327. The number of morpholine rings is 1. The number of hydrogen-bond acceptors (Lipinski definition) is 6. The Morgan fingerprint density at radius 3 is 3.10 bits per heavy atom. The van der Waals surface area contributed by atoms with Crippen molar-refractivity contribution in [1.29, 1.82) is 0 Å². The zero-order valence-corrected chi connectivity index (χ0v) is 12.3. The van der Waals surface area contributed by atoms with E-state index in [1.807, 2.05) is 12.3 Å². The number of carbonyl (C=O) groups is 1. The molecule has 0 unspecified atom stereocenters. The van der Waals surface area contributed by atoms with Crippen LogP contribution < -0.4 is 0 Å². The van der Waals surface area contributed by atoms with E-state index in [9.17, 15) is 4.79 Å². The maximum Gasteiger partial charge on any atom is 0.266 e. The molecule has 1 saturated heterocycles. The van der Waals surface area contributed by atoms with Crippen molar-refractivity contribution < 1.29 is 14.1 Å². The lowest BCUT2D eigenvalue weighted by Gasteiger charge is -2.33. The predicted octanol–water partition coefficient (Wildman–Crippen LogP) is 2.31. The van der Waals surface area contributed by atoms with Gasteiger partial charge >= 0.3 is 0 Å². The fourth-order valence-electron chi connectivity index (χ4n) is 2.09. The van der Waals surface area contributed by atoms with Gasteiger partial charge in [-0.05, 0) is 17.9 Å². The summed E-state index contributed by atoms with van der Waals surface area (Å²) in [7, 11) is 0. The molecule has 0 saturated carbocycles. The standard InChI is InChI=1S/C12H12ClN3O3S/c1-7-5-20-10(9(7)13)12(17)16-2-3-18-4-8(16)11-14-6-19-15-11/h5-6,8H,2-4H2,1H3/t8-/m1/s1. The molecule has 3 rings (SSSR count). The minimum atomic E-state index is -0.339. The van der Waals surface area contributed by atoms with Crippen LogP contribution in [0.3, 0.4) is 0 Å². The molecule has 1 aliphatic rings. The third-order valence-corrected chi connectivity index (χ3v) is 4.84. The average molecular weight is 314 g/mol. The first-order valence-electron chi connectivity index (χ1n) is 6.07. The van der Waals surface area contributed by atoms with Crippen LogP contribution >= 0.6 is 22.9 Å². The summed E-state index contributed by atoms with van der Waals surface area (Å²) < 4.78 is 10.2. The van der Waals surface area contributed by atoms with Crippen molar-refractivity contribution in [3.63, 3.8) is 0 Å². The number of aryl methyl sites for hydroxylation is 1. The van der Waals surface area contributed by atoms with Crippen LogP contribution in [0, 0.1) is 6.92 Å². The molecule has 0 radical (unpaired) electrons. The minimum absolute atomic E-state index is 0.119. The van der Waals surface area contributed by atoms with Crippen LogP contribution in [0.4, 0.5) is 0 Å². The molecule has 0 aromatic carbocycles. The third-order valence-electron chi connectivity index (χ3n) is 3.16. The van der Waals surface area contributed by atoms with Crippen LogP contribution in [0.5, 0.6) is 0 Å². The molecule has 20 heavy (non-hydrogen) atoms. The lowest BCUT2D eigenvalue weighted by molar-refractivity contribution is -0.00550. The third kappa shape index (κ3) is 2.32. The van der Waals surface area contributed by atoms with Gasteiger partial charge in [0.2, 0.25) is 6.39 Å². The van der Waals surface area contributed by atoms with E-state index in [1.165, 1.54) is 17.7 Å². The molecule has 1 aliphatic heterocycles. The molecule has 1 fully saturated rings. The van der Waals surface area contributed by atoms with Gasteiger partial charge in [0.15, 0.2) is 5.82 Å². The molecule has 2 aromatic heterocycles. The first-order valence-corrected chi connectivity index (χ1v) is 7.33. The lowest BCUT2D eigenvalue weighted by atomic mass is 10.2. The Morgan fingerprint density at radius 2 is 2.45 bits per heavy atom. The van der Waals surface area contributed by atoms with E-state index in [4.69, 9.17) is 20.9 Å². The Labute approximate surface area is 124 Å². The van der Waals surface area contributed by atoms with Crippen LogP contribution in [0.1, 0.15) is 27.1 Å². The number of rotatable bonds is 2. The number of ether oxygens (including phenoxy) is 1. The van der Waals surface area contributed by atoms with Gasteiger partial charge in [-0.1, -0.05) is 16.8 Å². The highest BCUT2D eigenvalue weighted by Gasteiger charge is 2.33. The molecule has 3 heterocycles. The zero-order valence-electron chi connectivity index (χ0n) is 10.7. The molecule has 0 spiro atoms. The van der Waals surface area contributed by atoms with Crippen LogP contribution in [0.25, 0.3) is 0 Å². The Kier molecular flexibility index (Phi) is 3.73. The highest BCUT2D eigenvalue weighted by Crippen LogP contribution is 2.31. The van der Waals surface area contributed by atoms with Gasteiger partial charge in [-0.25, -0.2) is 0 Å². The molecular formula is C12H12ClN3O3S. The summed E-state index contributed by atoms with van der Waals surface area (Å²) in [5.41, 5.74) is 0.907. The van der Waals surface area contributed by atoms with Crippen molar-refractivity contribution in [1.82, 2.24) is 15.0 Å². The second-order valence-electron chi connectivity index (χ2n) is 4.44. The molecule has 0 bridgehead atoms. The smallest absolute Gasteiger partial charge is 0.266 e. The van der Waals surface area contributed by atoms with E-state index < -0.39 is 0 Å². The molecule has 2 aromatic rings. The molecule has 6 nitrogen and oxygen atoms in total.